The summed E-state index contributed by atoms with van der Waals surface area (Å²) in [6.45, 7) is 2.48. The van der Waals surface area contributed by atoms with Gasteiger partial charge in [0.15, 0.2) is 5.13 Å². The number of carbonyl (C=O) groups excluding carboxylic acids is 1. The predicted molar refractivity (Wildman–Crippen MR) is 108 cm³/mol. The summed E-state index contributed by atoms with van der Waals surface area (Å²) in [6.07, 6.45) is 1.47. The fraction of sp³-hybridized carbons (Fsp3) is 0.238. The van der Waals surface area contributed by atoms with Crippen LogP contribution in [0.1, 0.15) is 30.4 Å². The monoisotopic (exact) mass is 383 g/mol. The van der Waals surface area contributed by atoms with E-state index in [0.29, 0.717) is 18.1 Å². The highest BCUT2D eigenvalue weighted by Gasteiger charge is 2.21. The summed E-state index contributed by atoms with van der Waals surface area (Å²) in [5.74, 6) is -0.953. The number of hydrogen-bond donors (Lipinski definition) is 2. The fourth-order valence-electron chi connectivity index (χ4n) is 2.88. The zero-order valence-electron chi connectivity index (χ0n) is 15.1. The molecule has 1 atom stereocenters. The number of hydrogen-bond acceptors (Lipinski definition) is 4. The number of anilines is 1. The number of thiazole rings is 1. The molecule has 2 aromatic carbocycles. The number of amides is 1. The van der Waals surface area contributed by atoms with Crippen molar-refractivity contribution in [2.45, 2.75) is 25.7 Å². The smallest absolute Gasteiger partial charge is 0.233 e. The molecule has 3 N–H and O–H groups in total. The lowest BCUT2D eigenvalue weighted by atomic mass is 9.95. The van der Waals surface area contributed by atoms with Crippen LogP contribution in [0.3, 0.4) is 0 Å². The summed E-state index contributed by atoms with van der Waals surface area (Å²) >= 11 is 1.38. The Kier molecular flexibility index (Phi) is 6.32. The van der Waals surface area contributed by atoms with Crippen LogP contribution in [0.2, 0.25) is 0 Å². The molecular formula is C21H22FN3OS. The van der Waals surface area contributed by atoms with Gasteiger partial charge in [0, 0.05) is 10.9 Å². The van der Waals surface area contributed by atoms with E-state index in [1.54, 1.807) is 12.1 Å². The maximum Gasteiger partial charge on any atom is 0.233 e. The maximum absolute atomic E-state index is 13.2. The van der Waals surface area contributed by atoms with Gasteiger partial charge in [0.05, 0.1) is 11.6 Å². The van der Waals surface area contributed by atoms with Crippen molar-refractivity contribution < 1.29 is 9.18 Å². The Balaban J connectivity index is 1.74. The Bertz CT molecular complexity index is 891. The Morgan fingerprint density at radius 2 is 1.89 bits per heavy atom. The van der Waals surface area contributed by atoms with Crippen LogP contribution in [0.15, 0.2) is 53.9 Å². The number of aryl methyl sites for hydroxylation is 1. The van der Waals surface area contributed by atoms with E-state index in [-0.39, 0.29) is 11.7 Å². The number of halogens is 1. The van der Waals surface area contributed by atoms with Crippen LogP contribution in [0.25, 0.3) is 11.3 Å². The summed E-state index contributed by atoms with van der Waals surface area (Å²) in [5.41, 5.74) is 9.52. The van der Waals surface area contributed by atoms with Gasteiger partial charge in [0.25, 0.3) is 0 Å². The normalized spacial score (nSPS) is 12.0. The van der Waals surface area contributed by atoms with Crippen LogP contribution in [0.5, 0.6) is 0 Å². The average Bonchev–Trinajstić information content (AvgIpc) is 3.15. The first-order valence-corrected chi connectivity index (χ1v) is 9.80. The molecule has 1 unspecified atom stereocenters. The molecule has 6 heteroatoms. The Labute approximate surface area is 162 Å². The topological polar surface area (TPSA) is 68.0 Å². The zero-order chi connectivity index (χ0) is 19.2. The second-order valence-corrected chi connectivity index (χ2v) is 7.12. The second kappa shape index (κ2) is 8.88. The van der Waals surface area contributed by atoms with Gasteiger partial charge in [-0.3, -0.25) is 4.79 Å². The van der Waals surface area contributed by atoms with Crippen molar-refractivity contribution >= 4 is 22.4 Å². The molecule has 140 valence electrons. The van der Waals surface area contributed by atoms with Crippen molar-refractivity contribution in [3.05, 3.63) is 70.9 Å². The van der Waals surface area contributed by atoms with Gasteiger partial charge in [-0.1, -0.05) is 43.3 Å². The van der Waals surface area contributed by atoms with Gasteiger partial charge in [0.2, 0.25) is 5.91 Å². The summed E-state index contributed by atoms with van der Waals surface area (Å²) in [4.78, 5) is 17.2. The number of carbonyl (C=O) groups is 1. The maximum atomic E-state index is 13.2. The van der Waals surface area contributed by atoms with Crippen LogP contribution in [-0.4, -0.2) is 17.4 Å². The third kappa shape index (κ3) is 4.78. The Hall–Kier alpha value is -2.57. The molecular weight excluding hydrogens is 361 g/mol. The molecule has 3 aromatic rings. The van der Waals surface area contributed by atoms with Crippen LogP contribution >= 0.6 is 11.3 Å². The van der Waals surface area contributed by atoms with Crippen molar-refractivity contribution in [3.63, 3.8) is 0 Å². The molecule has 27 heavy (non-hydrogen) atoms. The number of aromatic nitrogens is 1. The number of benzene rings is 2. The highest BCUT2D eigenvalue weighted by Crippen LogP contribution is 2.27. The van der Waals surface area contributed by atoms with Gasteiger partial charge in [-0.05, 0) is 42.6 Å². The minimum atomic E-state index is -0.438. The van der Waals surface area contributed by atoms with Crippen molar-refractivity contribution in [2.24, 2.45) is 5.73 Å². The van der Waals surface area contributed by atoms with Gasteiger partial charge >= 0.3 is 0 Å². The lowest BCUT2D eigenvalue weighted by molar-refractivity contribution is -0.117. The summed E-state index contributed by atoms with van der Waals surface area (Å²) in [6, 6.07) is 14.2. The molecule has 0 radical (unpaired) electrons. The average molecular weight is 383 g/mol. The molecule has 0 aliphatic carbocycles. The molecule has 4 nitrogen and oxygen atoms in total. The van der Waals surface area contributed by atoms with E-state index in [0.717, 1.165) is 23.2 Å². The Morgan fingerprint density at radius 1 is 1.19 bits per heavy atom. The molecule has 0 spiro atoms. The number of nitrogens with two attached hydrogens (primary N) is 1. The largest absolute Gasteiger partial charge is 0.330 e. The van der Waals surface area contributed by atoms with E-state index in [9.17, 15) is 9.18 Å². The molecule has 1 aromatic heterocycles. The van der Waals surface area contributed by atoms with E-state index in [2.05, 4.69) is 29.4 Å². The lowest BCUT2D eigenvalue weighted by Crippen LogP contribution is -2.23. The van der Waals surface area contributed by atoms with Gasteiger partial charge in [-0.25, -0.2) is 9.37 Å². The van der Waals surface area contributed by atoms with E-state index in [1.165, 1.54) is 29.0 Å². The summed E-state index contributed by atoms with van der Waals surface area (Å²) in [7, 11) is 0. The van der Waals surface area contributed by atoms with Crippen LogP contribution < -0.4 is 11.1 Å². The second-order valence-electron chi connectivity index (χ2n) is 6.26. The first-order valence-electron chi connectivity index (χ1n) is 8.92. The van der Waals surface area contributed by atoms with E-state index in [4.69, 9.17) is 5.73 Å². The standard InChI is InChI=1S/C21H22FN3OS/c1-2-14-3-5-16(6-4-14)19-13-27-21(24-19)25-20(26)18(11-12-23)15-7-9-17(22)10-8-15/h3-10,13,18H,2,11-12,23H2,1H3,(H,24,25,26). The van der Waals surface area contributed by atoms with Crippen molar-refractivity contribution in [3.8, 4) is 11.3 Å². The van der Waals surface area contributed by atoms with Gasteiger partial charge in [-0.2, -0.15) is 0 Å². The van der Waals surface area contributed by atoms with Crippen LogP contribution in [-0.2, 0) is 11.2 Å². The zero-order valence-corrected chi connectivity index (χ0v) is 15.9. The number of nitrogens with one attached hydrogen (secondary N) is 1. The third-order valence-corrected chi connectivity index (χ3v) is 5.19. The Morgan fingerprint density at radius 3 is 2.52 bits per heavy atom. The molecule has 0 saturated carbocycles. The van der Waals surface area contributed by atoms with Crippen molar-refractivity contribution in [1.29, 1.82) is 0 Å². The number of rotatable bonds is 7. The van der Waals surface area contributed by atoms with E-state index >= 15 is 0 Å². The molecule has 0 aliphatic heterocycles. The lowest BCUT2D eigenvalue weighted by Gasteiger charge is -2.15. The molecule has 3 rings (SSSR count). The minimum absolute atomic E-state index is 0.186. The first kappa shape index (κ1) is 19.2. The third-order valence-electron chi connectivity index (χ3n) is 4.44. The molecule has 1 heterocycles. The molecule has 0 saturated heterocycles. The highest BCUT2D eigenvalue weighted by molar-refractivity contribution is 7.14. The quantitative estimate of drug-likeness (QED) is 0.627. The fourth-order valence-corrected chi connectivity index (χ4v) is 3.60. The number of nitrogens with zero attached hydrogens (tertiary/aromatic N) is 1. The van der Waals surface area contributed by atoms with Crippen molar-refractivity contribution in [2.75, 3.05) is 11.9 Å². The van der Waals surface area contributed by atoms with Gasteiger partial charge in [-0.15, -0.1) is 11.3 Å². The van der Waals surface area contributed by atoms with Gasteiger partial charge < -0.3 is 11.1 Å². The minimum Gasteiger partial charge on any atom is -0.330 e. The molecule has 0 bridgehead atoms. The SMILES string of the molecule is CCc1ccc(-c2csc(NC(=O)C(CCN)c3ccc(F)cc3)n2)cc1. The first-order chi connectivity index (χ1) is 13.1. The van der Waals surface area contributed by atoms with Crippen LogP contribution in [0.4, 0.5) is 9.52 Å². The van der Waals surface area contributed by atoms with E-state index < -0.39 is 5.92 Å². The highest BCUT2D eigenvalue weighted by atomic mass is 32.1. The van der Waals surface area contributed by atoms with Crippen LogP contribution in [0, 0.1) is 5.82 Å². The molecule has 1 amide bonds. The molecule has 0 aliphatic rings. The molecule has 0 fully saturated rings. The summed E-state index contributed by atoms with van der Waals surface area (Å²) < 4.78 is 13.2. The predicted octanol–water partition coefficient (Wildman–Crippen LogP) is 4.58. The van der Waals surface area contributed by atoms with Crippen molar-refractivity contribution in [1.82, 2.24) is 4.98 Å². The summed E-state index contributed by atoms with van der Waals surface area (Å²) in [5, 5.41) is 5.34. The van der Waals surface area contributed by atoms with Gasteiger partial charge in [0.1, 0.15) is 5.82 Å². The van der Waals surface area contributed by atoms with E-state index in [1.807, 2.05) is 17.5 Å².